The zero-order valence-corrected chi connectivity index (χ0v) is 17.6. The standard InChI is InChI=1S/C18H31N5O8/c1-7(2)4-10(17(29)30)22-16(28)12-5-9(23-18(19)20)13(21-8(3)25)15(31-12)14(27)11(26)6-24/h5,7,9-11,13-15,24,26-27H,4,6H2,1-3H3,(H,21,25)(H,22,28)(H,29,30)(H4,19,20,23)/t9-,10-,11+,13+,14+,15+/m0/s1. The average Bonchev–Trinajstić information content (AvgIpc) is 2.65. The molecule has 1 heterocycles. The minimum atomic E-state index is -1.75. The Kier molecular flexibility index (Phi) is 9.68. The molecule has 0 saturated heterocycles. The summed E-state index contributed by atoms with van der Waals surface area (Å²) in [5, 5.41) is 43.6. The van der Waals surface area contributed by atoms with Crippen molar-refractivity contribution in [2.24, 2.45) is 22.4 Å². The van der Waals surface area contributed by atoms with Crippen LogP contribution in [0.5, 0.6) is 0 Å². The van der Waals surface area contributed by atoms with Gasteiger partial charge in [-0.15, -0.1) is 0 Å². The highest BCUT2D eigenvalue weighted by molar-refractivity contribution is 5.94. The molecule has 13 heteroatoms. The number of carboxylic acid groups (broad SMARTS) is 1. The number of nitrogens with two attached hydrogens (primary N) is 2. The second kappa shape index (κ2) is 11.5. The maximum Gasteiger partial charge on any atom is 0.326 e. The molecule has 176 valence electrons. The minimum absolute atomic E-state index is 0.0320. The van der Waals surface area contributed by atoms with Gasteiger partial charge in [-0.25, -0.2) is 9.79 Å². The Balaban J connectivity index is 3.33. The van der Waals surface area contributed by atoms with Gasteiger partial charge in [0.05, 0.1) is 18.7 Å². The number of rotatable bonds is 10. The molecule has 31 heavy (non-hydrogen) atoms. The van der Waals surface area contributed by atoms with E-state index in [1.807, 2.05) is 0 Å². The van der Waals surface area contributed by atoms with Gasteiger partial charge in [0.1, 0.15) is 24.4 Å². The summed E-state index contributed by atoms with van der Waals surface area (Å²) in [7, 11) is 0. The van der Waals surface area contributed by atoms with Crippen LogP contribution in [0.15, 0.2) is 16.8 Å². The highest BCUT2D eigenvalue weighted by Crippen LogP contribution is 2.25. The first-order valence-corrected chi connectivity index (χ1v) is 9.62. The third kappa shape index (κ3) is 7.70. The summed E-state index contributed by atoms with van der Waals surface area (Å²) in [6.45, 7) is 3.93. The van der Waals surface area contributed by atoms with Gasteiger partial charge in [0.15, 0.2) is 11.7 Å². The Bertz CT molecular complexity index is 722. The zero-order valence-electron chi connectivity index (χ0n) is 17.6. The van der Waals surface area contributed by atoms with E-state index >= 15 is 0 Å². The van der Waals surface area contributed by atoms with E-state index in [9.17, 15) is 34.8 Å². The SMILES string of the molecule is CC(=O)N[C@H]1[C@H]([C@H](O)[C@H](O)CO)OC(C(=O)N[C@@H](CC(C)C)C(=O)O)=C[C@@H]1N=C(N)N. The van der Waals surface area contributed by atoms with Gasteiger partial charge in [-0.3, -0.25) is 9.59 Å². The Morgan fingerprint density at radius 1 is 1.26 bits per heavy atom. The highest BCUT2D eigenvalue weighted by atomic mass is 16.5. The van der Waals surface area contributed by atoms with E-state index in [2.05, 4.69) is 15.6 Å². The van der Waals surface area contributed by atoms with Crippen molar-refractivity contribution >= 4 is 23.7 Å². The summed E-state index contributed by atoms with van der Waals surface area (Å²) in [6, 6.07) is -3.42. The smallest absolute Gasteiger partial charge is 0.326 e. The highest BCUT2D eigenvalue weighted by Gasteiger charge is 2.44. The van der Waals surface area contributed by atoms with Crippen molar-refractivity contribution < 1.29 is 39.5 Å². The number of carbonyl (C=O) groups is 3. The molecule has 1 rings (SSSR count). The predicted octanol–water partition coefficient (Wildman–Crippen LogP) is -3.25. The molecule has 0 aliphatic carbocycles. The molecule has 1 aliphatic heterocycles. The number of aliphatic hydroxyl groups excluding tert-OH is 3. The van der Waals surface area contributed by atoms with Crippen molar-refractivity contribution in [2.75, 3.05) is 6.61 Å². The molecule has 0 bridgehead atoms. The fourth-order valence-corrected chi connectivity index (χ4v) is 3.06. The quantitative estimate of drug-likeness (QED) is 0.124. The van der Waals surface area contributed by atoms with E-state index < -0.39 is 72.5 Å². The van der Waals surface area contributed by atoms with Crippen molar-refractivity contribution in [1.82, 2.24) is 10.6 Å². The number of nitrogens with zero attached hydrogens (tertiary/aromatic N) is 1. The van der Waals surface area contributed by atoms with Crippen LogP contribution in [0.4, 0.5) is 0 Å². The van der Waals surface area contributed by atoms with Crippen molar-refractivity contribution in [1.29, 1.82) is 0 Å². The number of carbonyl (C=O) groups excluding carboxylic acids is 2. The largest absolute Gasteiger partial charge is 0.480 e. The summed E-state index contributed by atoms with van der Waals surface area (Å²) in [5.74, 6) is -3.54. The first-order chi connectivity index (χ1) is 14.4. The number of hydrogen-bond donors (Lipinski definition) is 8. The third-order valence-electron chi connectivity index (χ3n) is 4.43. The van der Waals surface area contributed by atoms with Gasteiger partial charge in [0, 0.05) is 6.92 Å². The van der Waals surface area contributed by atoms with Gasteiger partial charge < -0.3 is 47.3 Å². The number of carboxylic acids is 1. The van der Waals surface area contributed by atoms with Crippen LogP contribution >= 0.6 is 0 Å². The van der Waals surface area contributed by atoms with E-state index in [4.69, 9.17) is 16.2 Å². The lowest BCUT2D eigenvalue weighted by molar-refractivity contribution is -0.144. The second-order valence-corrected chi connectivity index (χ2v) is 7.62. The fraction of sp³-hybridized carbons (Fsp3) is 0.667. The summed E-state index contributed by atoms with van der Waals surface area (Å²) in [6.07, 6.45) is -3.55. The van der Waals surface area contributed by atoms with E-state index in [0.29, 0.717) is 0 Å². The lowest BCUT2D eigenvalue weighted by Crippen LogP contribution is -2.60. The molecule has 0 unspecified atom stereocenters. The molecule has 0 saturated carbocycles. The summed E-state index contributed by atoms with van der Waals surface area (Å²) in [5.41, 5.74) is 10.9. The average molecular weight is 445 g/mol. The lowest BCUT2D eigenvalue weighted by Gasteiger charge is -2.39. The molecule has 1 aliphatic rings. The molecule has 0 aromatic carbocycles. The number of aliphatic carboxylic acids is 1. The van der Waals surface area contributed by atoms with Crippen molar-refractivity contribution in [2.45, 2.75) is 63.6 Å². The Morgan fingerprint density at radius 2 is 1.87 bits per heavy atom. The van der Waals surface area contributed by atoms with Crippen LogP contribution in [-0.2, 0) is 19.1 Å². The van der Waals surface area contributed by atoms with E-state index in [0.717, 1.165) is 0 Å². The van der Waals surface area contributed by atoms with Crippen LogP contribution in [0.1, 0.15) is 27.2 Å². The molecule has 2 amide bonds. The normalized spacial score (nSPS) is 23.6. The Hall–Kier alpha value is -2.90. The van der Waals surface area contributed by atoms with Crippen LogP contribution in [0.2, 0.25) is 0 Å². The van der Waals surface area contributed by atoms with E-state index in [1.165, 1.54) is 13.0 Å². The van der Waals surface area contributed by atoms with E-state index in [1.54, 1.807) is 13.8 Å². The number of ether oxygens (including phenoxy) is 1. The van der Waals surface area contributed by atoms with Crippen LogP contribution < -0.4 is 22.1 Å². The molecule has 6 atom stereocenters. The van der Waals surface area contributed by atoms with Crippen LogP contribution in [0, 0.1) is 5.92 Å². The van der Waals surface area contributed by atoms with Crippen LogP contribution in [0.3, 0.4) is 0 Å². The van der Waals surface area contributed by atoms with Gasteiger partial charge in [0.25, 0.3) is 5.91 Å². The number of hydrogen-bond acceptors (Lipinski definition) is 8. The molecule has 0 aromatic rings. The number of aliphatic hydroxyl groups is 3. The summed E-state index contributed by atoms with van der Waals surface area (Å²) in [4.78, 5) is 39.7. The third-order valence-corrected chi connectivity index (χ3v) is 4.43. The van der Waals surface area contributed by atoms with E-state index in [-0.39, 0.29) is 12.3 Å². The molecule has 0 radical (unpaired) electrons. The number of amides is 2. The first-order valence-electron chi connectivity index (χ1n) is 9.62. The van der Waals surface area contributed by atoms with Crippen LogP contribution in [0.25, 0.3) is 0 Å². The topological polar surface area (TPSA) is 230 Å². The number of aliphatic imine (C=N–C) groups is 1. The molecular formula is C18H31N5O8. The maximum atomic E-state index is 12.7. The number of nitrogens with one attached hydrogen (secondary N) is 2. The van der Waals surface area contributed by atoms with Gasteiger partial charge in [0.2, 0.25) is 5.91 Å². The second-order valence-electron chi connectivity index (χ2n) is 7.62. The molecule has 0 fully saturated rings. The molecule has 0 spiro atoms. The molecular weight excluding hydrogens is 414 g/mol. The van der Waals surface area contributed by atoms with Gasteiger partial charge in [-0.1, -0.05) is 13.8 Å². The van der Waals surface area contributed by atoms with Gasteiger partial charge in [-0.2, -0.15) is 0 Å². The molecule has 10 N–H and O–H groups in total. The van der Waals surface area contributed by atoms with Crippen molar-refractivity contribution in [3.8, 4) is 0 Å². The first kappa shape index (κ1) is 26.1. The van der Waals surface area contributed by atoms with Crippen LogP contribution in [-0.4, -0.2) is 87.2 Å². The van der Waals surface area contributed by atoms with Crippen molar-refractivity contribution in [3.05, 3.63) is 11.8 Å². The molecule has 13 nitrogen and oxygen atoms in total. The molecule has 0 aromatic heterocycles. The predicted molar refractivity (Wildman–Crippen MR) is 108 cm³/mol. The fourth-order valence-electron chi connectivity index (χ4n) is 3.06. The Labute approximate surface area is 179 Å². The lowest BCUT2D eigenvalue weighted by atomic mass is 9.92. The van der Waals surface area contributed by atoms with Crippen molar-refractivity contribution in [3.63, 3.8) is 0 Å². The zero-order chi connectivity index (χ0) is 23.9. The maximum absolute atomic E-state index is 12.7. The van der Waals surface area contributed by atoms with Gasteiger partial charge in [-0.05, 0) is 18.4 Å². The monoisotopic (exact) mass is 445 g/mol. The minimum Gasteiger partial charge on any atom is -0.480 e. The van der Waals surface area contributed by atoms with Gasteiger partial charge >= 0.3 is 5.97 Å². The summed E-state index contributed by atoms with van der Waals surface area (Å²) >= 11 is 0. The Morgan fingerprint density at radius 3 is 2.32 bits per heavy atom. The number of guanidine groups is 1. The summed E-state index contributed by atoms with van der Waals surface area (Å²) < 4.78 is 5.51.